The highest BCUT2D eigenvalue weighted by Crippen LogP contribution is 2.17. The first-order chi connectivity index (χ1) is 14.1. The average Bonchev–Trinajstić information content (AvgIpc) is 3.16. The number of nitrogens with one attached hydrogen (secondary N) is 3. The van der Waals surface area contributed by atoms with Gasteiger partial charge >= 0.3 is 18.1 Å². The van der Waals surface area contributed by atoms with Crippen LogP contribution in [-0.2, 0) is 20.8 Å². The number of urea groups is 1. The first kappa shape index (κ1) is 23.2. The summed E-state index contributed by atoms with van der Waals surface area (Å²) < 4.78 is 10.1. The van der Waals surface area contributed by atoms with Gasteiger partial charge < -0.3 is 20.1 Å². The van der Waals surface area contributed by atoms with Crippen molar-refractivity contribution in [3.05, 3.63) is 35.4 Å². The Labute approximate surface area is 175 Å². The maximum atomic E-state index is 12.1. The number of esters is 1. The van der Waals surface area contributed by atoms with Crippen molar-refractivity contribution in [2.45, 2.75) is 64.6 Å². The number of alkyl carbamates (subject to hydrolysis) is 1. The second-order valence-electron chi connectivity index (χ2n) is 8.13. The van der Waals surface area contributed by atoms with E-state index in [1.165, 1.54) is 12.1 Å². The molecule has 0 unspecified atom stereocenters. The third-order valence-electron chi connectivity index (χ3n) is 4.30. The molecule has 1 aliphatic rings. The average molecular weight is 419 g/mol. The first-order valence-electron chi connectivity index (χ1n) is 9.95. The fraction of sp³-hybridized carbons (Fsp3) is 0.524. The third kappa shape index (κ3) is 8.50. The molecule has 1 saturated carbocycles. The van der Waals surface area contributed by atoms with Gasteiger partial charge in [-0.1, -0.05) is 25.0 Å². The molecule has 0 spiro atoms. The summed E-state index contributed by atoms with van der Waals surface area (Å²) in [5.74, 6) is -1.38. The van der Waals surface area contributed by atoms with Crippen LogP contribution in [0.1, 0.15) is 62.4 Å². The molecule has 0 radical (unpaired) electrons. The number of hydrogen-bond donors (Lipinski definition) is 3. The topological polar surface area (TPSA) is 123 Å². The van der Waals surface area contributed by atoms with Crippen LogP contribution >= 0.6 is 0 Å². The van der Waals surface area contributed by atoms with Gasteiger partial charge in [0.25, 0.3) is 5.91 Å². The van der Waals surface area contributed by atoms with Crippen molar-refractivity contribution in [2.75, 3.05) is 6.61 Å². The molecule has 30 heavy (non-hydrogen) atoms. The lowest BCUT2D eigenvalue weighted by atomic mass is 10.1. The highest BCUT2D eigenvalue weighted by molar-refractivity contribution is 5.97. The number of carbonyl (C=O) groups excluding carboxylic acids is 4. The summed E-state index contributed by atoms with van der Waals surface area (Å²) in [6.45, 7) is 5.00. The van der Waals surface area contributed by atoms with Crippen molar-refractivity contribution >= 4 is 24.0 Å². The van der Waals surface area contributed by atoms with E-state index >= 15 is 0 Å². The summed E-state index contributed by atoms with van der Waals surface area (Å²) in [5.41, 5.74) is 0.430. The largest absolute Gasteiger partial charge is 0.452 e. The lowest BCUT2D eigenvalue weighted by Crippen LogP contribution is -2.44. The van der Waals surface area contributed by atoms with Crippen molar-refractivity contribution in [2.24, 2.45) is 0 Å². The van der Waals surface area contributed by atoms with Crippen LogP contribution in [-0.4, -0.2) is 42.3 Å². The molecular weight excluding hydrogens is 390 g/mol. The van der Waals surface area contributed by atoms with Crippen molar-refractivity contribution in [3.8, 4) is 0 Å². The van der Waals surface area contributed by atoms with Crippen LogP contribution in [0, 0.1) is 0 Å². The molecule has 4 amide bonds. The molecule has 0 atom stereocenters. The summed E-state index contributed by atoms with van der Waals surface area (Å²) >= 11 is 0. The Balaban J connectivity index is 1.71. The normalized spacial score (nSPS) is 14.0. The van der Waals surface area contributed by atoms with E-state index in [4.69, 9.17) is 9.47 Å². The summed E-state index contributed by atoms with van der Waals surface area (Å²) in [5, 5.41) is 7.49. The predicted octanol–water partition coefficient (Wildman–Crippen LogP) is 2.64. The highest BCUT2D eigenvalue weighted by atomic mass is 16.6. The van der Waals surface area contributed by atoms with Crippen molar-refractivity contribution in [3.63, 3.8) is 0 Å². The van der Waals surface area contributed by atoms with Gasteiger partial charge in [-0.05, 0) is 51.3 Å². The maximum Gasteiger partial charge on any atom is 0.407 e. The van der Waals surface area contributed by atoms with Gasteiger partial charge in [-0.3, -0.25) is 10.1 Å². The number of hydrogen-bond acceptors (Lipinski definition) is 6. The molecule has 1 aliphatic carbocycles. The number of rotatable bonds is 6. The second kappa shape index (κ2) is 10.6. The van der Waals surface area contributed by atoms with Crippen LogP contribution < -0.4 is 16.0 Å². The molecule has 0 bridgehead atoms. The Morgan fingerprint density at radius 3 is 2.27 bits per heavy atom. The Morgan fingerprint density at radius 2 is 1.67 bits per heavy atom. The van der Waals surface area contributed by atoms with E-state index in [2.05, 4.69) is 16.0 Å². The molecule has 9 nitrogen and oxygen atoms in total. The number of imide groups is 1. The predicted molar refractivity (Wildman–Crippen MR) is 109 cm³/mol. The fourth-order valence-corrected chi connectivity index (χ4v) is 2.92. The minimum atomic E-state index is -0.697. The molecule has 0 saturated heterocycles. The van der Waals surface area contributed by atoms with E-state index in [9.17, 15) is 19.2 Å². The van der Waals surface area contributed by atoms with Gasteiger partial charge in [0.05, 0.1) is 5.56 Å². The Kier molecular flexibility index (Phi) is 8.20. The molecule has 164 valence electrons. The minimum absolute atomic E-state index is 0.0867. The van der Waals surface area contributed by atoms with Gasteiger partial charge in [0.15, 0.2) is 6.61 Å². The SMILES string of the molecule is CC(C)(C)OC(=O)NCc1ccc(C(=O)OCC(=O)NC(=O)NC2CCCC2)cc1. The molecule has 3 N–H and O–H groups in total. The lowest BCUT2D eigenvalue weighted by molar-refractivity contribution is -0.123. The smallest absolute Gasteiger partial charge is 0.407 e. The number of benzene rings is 1. The standard InChI is InChI=1S/C21H29N3O6/c1-21(2,3)30-20(28)22-12-14-8-10-15(11-9-14)18(26)29-13-17(25)24-19(27)23-16-6-4-5-7-16/h8-11,16H,4-7,12-13H2,1-3H3,(H,22,28)(H2,23,24,25,27). The zero-order chi connectivity index (χ0) is 22.1. The fourth-order valence-electron chi connectivity index (χ4n) is 2.92. The van der Waals surface area contributed by atoms with Crippen LogP contribution in [0.3, 0.4) is 0 Å². The quantitative estimate of drug-likeness (QED) is 0.609. The lowest BCUT2D eigenvalue weighted by Gasteiger charge is -2.19. The van der Waals surface area contributed by atoms with Gasteiger partial charge in [0.1, 0.15) is 5.60 Å². The summed E-state index contributed by atoms with van der Waals surface area (Å²) in [6.07, 6.45) is 3.40. The molecule has 1 fully saturated rings. The molecule has 0 heterocycles. The molecule has 9 heteroatoms. The third-order valence-corrected chi connectivity index (χ3v) is 4.30. The summed E-state index contributed by atoms with van der Waals surface area (Å²) in [4.78, 5) is 47.2. The first-order valence-corrected chi connectivity index (χ1v) is 9.95. The zero-order valence-corrected chi connectivity index (χ0v) is 17.6. The molecule has 1 aromatic carbocycles. The van der Waals surface area contributed by atoms with E-state index in [0.717, 1.165) is 31.2 Å². The van der Waals surface area contributed by atoms with Gasteiger partial charge in [0.2, 0.25) is 0 Å². The van der Waals surface area contributed by atoms with E-state index in [-0.39, 0.29) is 18.2 Å². The highest BCUT2D eigenvalue weighted by Gasteiger charge is 2.19. The molecular formula is C21H29N3O6. The zero-order valence-electron chi connectivity index (χ0n) is 17.6. The van der Waals surface area contributed by atoms with Crippen LogP contribution in [0.5, 0.6) is 0 Å². The van der Waals surface area contributed by atoms with Gasteiger partial charge in [-0.25, -0.2) is 14.4 Å². The van der Waals surface area contributed by atoms with E-state index in [0.29, 0.717) is 0 Å². The molecule has 0 aliphatic heterocycles. The second-order valence-corrected chi connectivity index (χ2v) is 8.13. The molecule has 1 aromatic rings. The number of ether oxygens (including phenoxy) is 2. The number of carbonyl (C=O) groups is 4. The van der Waals surface area contributed by atoms with Crippen molar-refractivity contribution in [1.82, 2.24) is 16.0 Å². The van der Waals surface area contributed by atoms with Crippen molar-refractivity contribution < 1.29 is 28.7 Å². The van der Waals surface area contributed by atoms with Crippen LogP contribution in [0.2, 0.25) is 0 Å². The van der Waals surface area contributed by atoms with E-state index in [1.807, 2.05) is 0 Å². The van der Waals surface area contributed by atoms with Crippen LogP contribution in [0.4, 0.5) is 9.59 Å². The van der Waals surface area contributed by atoms with Crippen LogP contribution in [0.15, 0.2) is 24.3 Å². The van der Waals surface area contributed by atoms with E-state index in [1.54, 1.807) is 32.9 Å². The minimum Gasteiger partial charge on any atom is -0.452 e. The Morgan fingerprint density at radius 1 is 1.03 bits per heavy atom. The van der Waals surface area contributed by atoms with Gasteiger partial charge in [-0.2, -0.15) is 0 Å². The molecule has 0 aromatic heterocycles. The molecule has 2 rings (SSSR count). The van der Waals surface area contributed by atoms with Crippen molar-refractivity contribution in [1.29, 1.82) is 0 Å². The van der Waals surface area contributed by atoms with Gasteiger partial charge in [-0.15, -0.1) is 0 Å². The Bertz CT molecular complexity index is 764. The summed E-state index contributed by atoms with van der Waals surface area (Å²) in [7, 11) is 0. The monoisotopic (exact) mass is 419 g/mol. The van der Waals surface area contributed by atoms with E-state index < -0.39 is 36.2 Å². The van der Waals surface area contributed by atoms with Gasteiger partial charge in [0, 0.05) is 12.6 Å². The number of amides is 4. The summed E-state index contributed by atoms with van der Waals surface area (Å²) in [6, 6.07) is 5.87. The Hall–Kier alpha value is -3.10. The van der Waals surface area contributed by atoms with Crippen LogP contribution in [0.25, 0.3) is 0 Å². The maximum absolute atomic E-state index is 12.1.